The van der Waals surface area contributed by atoms with Crippen molar-refractivity contribution in [2.24, 2.45) is 5.73 Å². The zero-order valence-corrected chi connectivity index (χ0v) is 12.9. The molecule has 4 N–H and O–H groups in total. The van der Waals surface area contributed by atoms with E-state index >= 15 is 0 Å². The number of nitrogens with zero attached hydrogens (tertiary/aromatic N) is 2. The van der Waals surface area contributed by atoms with Crippen molar-refractivity contribution in [2.45, 2.75) is 29.9 Å². The van der Waals surface area contributed by atoms with E-state index in [0.29, 0.717) is 15.7 Å². The summed E-state index contributed by atoms with van der Waals surface area (Å²) in [5.74, 6) is -0.134. The van der Waals surface area contributed by atoms with Gasteiger partial charge in [-0.05, 0) is 24.2 Å². The molecule has 8 heteroatoms. The number of hydrogen-bond donors (Lipinski definition) is 3. The maximum absolute atomic E-state index is 11.6. The number of rotatable bonds is 5. The predicted molar refractivity (Wildman–Crippen MR) is 83.2 cm³/mol. The third-order valence-corrected chi connectivity index (χ3v) is 4.00. The number of nitrogens with one attached hydrogen (secondary N) is 2. The van der Waals surface area contributed by atoms with Crippen molar-refractivity contribution in [2.75, 3.05) is 0 Å². The summed E-state index contributed by atoms with van der Waals surface area (Å²) in [6, 6.07) is 3.05. The SMILES string of the molecule is CCCc1cc(=O)[nH]c(Sc2nccc(C(=N)N)c2Cl)n1. The Labute approximate surface area is 130 Å². The first-order valence-electron chi connectivity index (χ1n) is 6.28. The number of aromatic amines is 1. The number of aromatic nitrogens is 3. The number of nitrogen functional groups attached to an aromatic ring is 1. The van der Waals surface area contributed by atoms with Gasteiger partial charge in [0.05, 0.1) is 5.02 Å². The van der Waals surface area contributed by atoms with E-state index in [0.717, 1.165) is 30.3 Å². The molecule has 0 fully saturated rings. The zero-order valence-electron chi connectivity index (χ0n) is 11.3. The van der Waals surface area contributed by atoms with E-state index in [1.807, 2.05) is 6.92 Å². The minimum absolute atomic E-state index is 0.134. The lowest BCUT2D eigenvalue weighted by molar-refractivity contribution is 0.815. The van der Waals surface area contributed by atoms with Gasteiger partial charge in [0.2, 0.25) is 0 Å². The van der Waals surface area contributed by atoms with E-state index in [-0.39, 0.29) is 16.4 Å². The third-order valence-electron chi connectivity index (χ3n) is 2.62. The van der Waals surface area contributed by atoms with Gasteiger partial charge in [-0.3, -0.25) is 10.2 Å². The summed E-state index contributed by atoms with van der Waals surface area (Å²) in [5.41, 5.74) is 6.37. The highest BCUT2D eigenvalue weighted by Gasteiger charge is 2.12. The Morgan fingerprint density at radius 1 is 1.57 bits per heavy atom. The Morgan fingerprint density at radius 2 is 2.33 bits per heavy atom. The van der Waals surface area contributed by atoms with E-state index in [9.17, 15) is 4.79 Å². The van der Waals surface area contributed by atoms with Crippen molar-refractivity contribution in [1.82, 2.24) is 15.0 Å². The molecule has 0 atom stereocenters. The molecule has 0 aromatic carbocycles. The molecule has 0 unspecified atom stereocenters. The highest BCUT2D eigenvalue weighted by molar-refractivity contribution is 7.99. The molecule has 21 heavy (non-hydrogen) atoms. The number of aryl methyl sites for hydroxylation is 1. The van der Waals surface area contributed by atoms with Gasteiger partial charge in [-0.1, -0.05) is 24.9 Å². The summed E-state index contributed by atoms with van der Waals surface area (Å²) in [5, 5.41) is 8.60. The summed E-state index contributed by atoms with van der Waals surface area (Å²) in [7, 11) is 0. The Kier molecular flexibility index (Phi) is 4.98. The first-order valence-corrected chi connectivity index (χ1v) is 7.47. The van der Waals surface area contributed by atoms with Crippen LogP contribution in [-0.2, 0) is 6.42 Å². The van der Waals surface area contributed by atoms with Crippen LogP contribution in [-0.4, -0.2) is 20.8 Å². The van der Waals surface area contributed by atoms with Gasteiger partial charge < -0.3 is 10.7 Å². The molecule has 6 nitrogen and oxygen atoms in total. The normalized spacial score (nSPS) is 10.6. The molecular weight excluding hydrogens is 310 g/mol. The van der Waals surface area contributed by atoms with E-state index in [1.165, 1.54) is 12.3 Å². The Morgan fingerprint density at radius 3 is 3.00 bits per heavy atom. The van der Waals surface area contributed by atoms with Crippen molar-refractivity contribution < 1.29 is 0 Å². The number of pyridine rings is 1. The van der Waals surface area contributed by atoms with Gasteiger partial charge in [-0.15, -0.1) is 0 Å². The molecule has 0 saturated heterocycles. The number of nitrogens with two attached hydrogens (primary N) is 1. The molecular formula is C13H14ClN5OS. The summed E-state index contributed by atoms with van der Waals surface area (Å²) in [6.45, 7) is 2.02. The second kappa shape index (κ2) is 6.73. The van der Waals surface area contributed by atoms with Gasteiger partial charge >= 0.3 is 0 Å². The highest BCUT2D eigenvalue weighted by atomic mass is 35.5. The molecule has 0 aliphatic rings. The molecule has 0 amide bonds. The fourth-order valence-electron chi connectivity index (χ4n) is 1.71. The molecule has 0 saturated carbocycles. The van der Waals surface area contributed by atoms with Gasteiger partial charge in [-0.25, -0.2) is 9.97 Å². The van der Waals surface area contributed by atoms with Gasteiger partial charge in [0.25, 0.3) is 5.56 Å². The Balaban J connectivity index is 2.36. The molecule has 2 aromatic rings. The Bertz CT molecular complexity index is 731. The number of halogens is 1. The average molecular weight is 324 g/mol. The van der Waals surface area contributed by atoms with E-state index in [1.54, 1.807) is 6.07 Å². The molecule has 0 bridgehead atoms. The lowest BCUT2D eigenvalue weighted by atomic mass is 10.2. The van der Waals surface area contributed by atoms with Gasteiger partial charge in [0.1, 0.15) is 10.9 Å². The summed E-state index contributed by atoms with van der Waals surface area (Å²) < 4.78 is 0. The molecule has 2 rings (SSSR count). The smallest absolute Gasteiger partial charge is 0.251 e. The summed E-state index contributed by atoms with van der Waals surface area (Å²) in [6.07, 6.45) is 3.14. The summed E-state index contributed by atoms with van der Waals surface area (Å²) in [4.78, 5) is 22.8. The van der Waals surface area contributed by atoms with Gasteiger partial charge in [-0.2, -0.15) is 0 Å². The van der Waals surface area contributed by atoms with Crippen LogP contribution in [0.4, 0.5) is 0 Å². The molecule has 2 heterocycles. The second-order valence-corrected chi connectivity index (χ2v) is 5.64. The van der Waals surface area contributed by atoms with E-state index < -0.39 is 0 Å². The van der Waals surface area contributed by atoms with Crippen LogP contribution in [0, 0.1) is 5.41 Å². The maximum atomic E-state index is 11.6. The van der Waals surface area contributed by atoms with Crippen LogP contribution in [0.15, 0.2) is 33.3 Å². The minimum Gasteiger partial charge on any atom is -0.384 e. The standard InChI is InChI=1S/C13H14ClN5OS/c1-2-3-7-6-9(20)19-13(18-7)21-12-10(14)8(11(15)16)4-5-17-12/h4-6H,2-3H2,1H3,(H3,15,16)(H,18,19,20). The zero-order chi connectivity index (χ0) is 15.4. The van der Waals surface area contributed by atoms with Crippen LogP contribution < -0.4 is 11.3 Å². The van der Waals surface area contributed by atoms with Crippen molar-refractivity contribution >= 4 is 29.2 Å². The summed E-state index contributed by atoms with van der Waals surface area (Å²) >= 11 is 7.31. The highest BCUT2D eigenvalue weighted by Crippen LogP contribution is 2.31. The van der Waals surface area contributed by atoms with Crippen molar-refractivity contribution in [1.29, 1.82) is 5.41 Å². The van der Waals surface area contributed by atoms with Crippen LogP contribution in [0.25, 0.3) is 0 Å². The predicted octanol–water partition coefficient (Wildman–Crippen LogP) is 2.21. The van der Waals surface area contributed by atoms with Crippen LogP contribution in [0.5, 0.6) is 0 Å². The van der Waals surface area contributed by atoms with Crippen LogP contribution >= 0.6 is 23.4 Å². The average Bonchev–Trinajstić information content (AvgIpc) is 2.40. The molecule has 0 aliphatic heterocycles. The lowest BCUT2D eigenvalue weighted by Gasteiger charge is -2.07. The number of hydrogen-bond acceptors (Lipinski definition) is 5. The molecule has 2 aromatic heterocycles. The fourth-order valence-corrected chi connectivity index (χ4v) is 2.85. The fraction of sp³-hybridized carbons (Fsp3) is 0.231. The Hall–Kier alpha value is -1.86. The molecule has 0 spiro atoms. The molecule has 110 valence electrons. The van der Waals surface area contributed by atoms with Crippen molar-refractivity contribution in [3.63, 3.8) is 0 Å². The van der Waals surface area contributed by atoms with Crippen LogP contribution in [0.2, 0.25) is 5.02 Å². The topological polar surface area (TPSA) is 109 Å². The van der Waals surface area contributed by atoms with Gasteiger partial charge in [0.15, 0.2) is 5.16 Å². The third kappa shape index (κ3) is 3.83. The number of amidine groups is 1. The molecule has 0 aliphatic carbocycles. The first-order chi connectivity index (χ1) is 10.0. The van der Waals surface area contributed by atoms with E-state index in [2.05, 4.69) is 15.0 Å². The van der Waals surface area contributed by atoms with Crippen molar-refractivity contribution in [3.8, 4) is 0 Å². The lowest BCUT2D eigenvalue weighted by Crippen LogP contribution is -2.12. The van der Waals surface area contributed by atoms with Gasteiger partial charge in [0, 0.05) is 23.5 Å². The minimum atomic E-state index is -0.213. The molecule has 0 radical (unpaired) electrons. The van der Waals surface area contributed by atoms with E-state index in [4.69, 9.17) is 22.7 Å². The quantitative estimate of drug-likeness (QED) is 0.444. The van der Waals surface area contributed by atoms with Crippen LogP contribution in [0.1, 0.15) is 24.6 Å². The second-order valence-electron chi connectivity index (χ2n) is 4.29. The monoisotopic (exact) mass is 323 g/mol. The largest absolute Gasteiger partial charge is 0.384 e. The number of H-pyrrole nitrogens is 1. The first kappa shape index (κ1) is 15.5. The maximum Gasteiger partial charge on any atom is 0.251 e. The van der Waals surface area contributed by atoms with Crippen LogP contribution in [0.3, 0.4) is 0 Å². The van der Waals surface area contributed by atoms with Crippen molar-refractivity contribution in [3.05, 3.63) is 45.0 Å².